The number of unbranched alkanes of at least 4 members (excludes halogenated alkanes) is 8. The Bertz CT molecular complexity index is 628. The fourth-order valence-electron chi connectivity index (χ4n) is 6.77. The summed E-state index contributed by atoms with van der Waals surface area (Å²) in [6.07, 6.45) is 17.9. The van der Waals surface area contributed by atoms with Crippen molar-refractivity contribution in [2.24, 2.45) is 0 Å². The molecule has 0 aliphatic rings. The van der Waals surface area contributed by atoms with Crippen molar-refractivity contribution in [2.75, 3.05) is 13.2 Å². The first kappa shape index (κ1) is 42.3. The molecule has 0 aliphatic carbocycles. The van der Waals surface area contributed by atoms with Crippen LogP contribution in [0, 0.1) is 0 Å². The summed E-state index contributed by atoms with van der Waals surface area (Å²) < 4.78 is 10.8. The van der Waals surface area contributed by atoms with Crippen LogP contribution in [0.3, 0.4) is 0 Å². The zero-order valence-electron chi connectivity index (χ0n) is 29.7. The van der Waals surface area contributed by atoms with E-state index < -0.39 is 34.2 Å². The topological polar surface area (TPSA) is 72.8 Å². The molecule has 5 nitrogen and oxygen atoms in total. The smallest absolute Gasteiger partial charge is 0.335 e. The van der Waals surface area contributed by atoms with Crippen LogP contribution in [0.5, 0.6) is 0 Å². The van der Waals surface area contributed by atoms with Crippen molar-refractivity contribution in [3.63, 3.8) is 0 Å². The van der Waals surface area contributed by atoms with E-state index in [9.17, 15) is 14.7 Å². The molecular weight excluding hydrogens is 569 g/mol. The SMILES string of the molecule is CCCC[Si](CCCC)(CCCC)CCCCOC(=O)CC(O)C(=O)OCCCC[Si](CCCC)(CCCC)CCCC. The van der Waals surface area contributed by atoms with Crippen molar-refractivity contribution in [1.82, 2.24) is 0 Å². The minimum atomic E-state index is -1.43. The van der Waals surface area contributed by atoms with Gasteiger partial charge in [0.1, 0.15) is 0 Å². The molecule has 0 spiro atoms. The summed E-state index contributed by atoms with van der Waals surface area (Å²) in [5, 5.41) is 10.3. The second kappa shape index (κ2) is 27.6. The van der Waals surface area contributed by atoms with Gasteiger partial charge in [-0.1, -0.05) is 180 Å². The fraction of sp³-hybridized carbons (Fsp3) is 0.944. The maximum Gasteiger partial charge on any atom is 0.335 e. The number of carbonyl (C=O) groups excluding carboxylic acids is 2. The molecule has 0 heterocycles. The van der Waals surface area contributed by atoms with E-state index in [0.29, 0.717) is 13.2 Å². The molecule has 0 aromatic heterocycles. The number of rotatable bonds is 31. The van der Waals surface area contributed by atoms with Crippen molar-refractivity contribution in [2.45, 2.75) is 205 Å². The van der Waals surface area contributed by atoms with Crippen molar-refractivity contribution in [3.05, 3.63) is 0 Å². The lowest BCUT2D eigenvalue weighted by molar-refractivity contribution is -0.160. The molecule has 7 heteroatoms. The van der Waals surface area contributed by atoms with Gasteiger partial charge < -0.3 is 14.6 Å². The third-order valence-electron chi connectivity index (χ3n) is 9.71. The Labute approximate surface area is 270 Å². The second-order valence-electron chi connectivity index (χ2n) is 13.6. The Balaban J connectivity index is 4.49. The van der Waals surface area contributed by atoms with Crippen LogP contribution in [0.2, 0.25) is 48.4 Å². The highest BCUT2D eigenvalue weighted by molar-refractivity contribution is 6.80. The monoisotopic (exact) mass is 643 g/mol. The Kier molecular flexibility index (Phi) is 27.2. The number of hydrogen-bond acceptors (Lipinski definition) is 5. The van der Waals surface area contributed by atoms with Crippen molar-refractivity contribution in [3.8, 4) is 0 Å². The van der Waals surface area contributed by atoms with E-state index in [1.54, 1.807) is 0 Å². The summed E-state index contributed by atoms with van der Waals surface area (Å²) in [5.41, 5.74) is 0. The molecule has 0 fully saturated rings. The number of ether oxygens (including phenoxy) is 2. The Morgan fingerprint density at radius 3 is 1.12 bits per heavy atom. The molecule has 1 atom stereocenters. The summed E-state index contributed by atoms with van der Waals surface area (Å²) in [6.45, 7) is 14.5. The summed E-state index contributed by atoms with van der Waals surface area (Å²) in [4.78, 5) is 24.7. The van der Waals surface area contributed by atoms with Crippen LogP contribution in [-0.4, -0.2) is 52.5 Å². The molecule has 43 heavy (non-hydrogen) atoms. The molecule has 0 aliphatic heterocycles. The number of aliphatic hydroxyl groups is 1. The van der Waals surface area contributed by atoms with Crippen molar-refractivity contribution in [1.29, 1.82) is 0 Å². The first-order chi connectivity index (χ1) is 20.8. The van der Waals surface area contributed by atoms with Gasteiger partial charge in [-0.25, -0.2) is 4.79 Å². The van der Waals surface area contributed by atoms with Gasteiger partial charge in [-0.3, -0.25) is 4.79 Å². The first-order valence-electron chi connectivity index (χ1n) is 18.8. The Morgan fingerprint density at radius 2 is 0.791 bits per heavy atom. The van der Waals surface area contributed by atoms with Crippen LogP contribution in [0.4, 0.5) is 0 Å². The molecule has 256 valence electrons. The van der Waals surface area contributed by atoms with E-state index in [4.69, 9.17) is 9.47 Å². The van der Waals surface area contributed by atoms with E-state index in [0.717, 1.165) is 25.7 Å². The third kappa shape index (κ3) is 20.9. The molecular formula is C36H74O5Si2. The zero-order valence-corrected chi connectivity index (χ0v) is 31.7. The van der Waals surface area contributed by atoms with Gasteiger partial charge >= 0.3 is 11.9 Å². The highest BCUT2D eigenvalue weighted by Gasteiger charge is 2.31. The quantitative estimate of drug-likeness (QED) is 0.0463. The standard InChI is InChI=1S/C36H74O5Si2/c1-7-13-25-42(26-14-8-2,27-15-9-3)31-21-19-23-40-35(38)33-34(37)36(39)41-24-20-22-32-43(28-16-10-4,29-17-11-5)30-18-12-6/h34,37H,7-33H2,1-6H3. The third-order valence-corrected chi connectivity index (χ3v) is 21.0. The normalized spacial score (nSPS) is 12.8. The highest BCUT2D eigenvalue weighted by Crippen LogP contribution is 2.35. The summed E-state index contributed by atoms with van der Waals surface area (Å²) in [7, 11) is -2.54. The molecule has 0 saturated carbocycles. The van der Waals surface area contributed by atoms with Crippen LogP contribution >= 0.6 is 0 Å². The molecule has 0 aromatic rings. The Morgan fingerprint density at radius 1 is 0.488 bits per heavy atom. The van der Waals surface area contributed by atoms with Crippen LogP contribution in [0.25, 0.3) is 0 Å². The van der Waals surface area contributed by atoms with E-state index in [1.165, 1.54) is 125 Å². The fourth-order valence-corrected chi connectivity index (χ4v) is 18.4. The van der Waals surface area contributed by atoms with Gasteiger partial charge in [-0.05, 0) is 12.8 Å². The highest BCUT2D eigenvalue weighted by atomic mass is 28.3. The van der Waals surface area contributed by atoms with Gasteiger partial charge in [0.05, 0.1) is 35.8 Å². The Hall–Kier alpha value is -0.666. The summed E-state index contributed by atoms with van der Waals surface area (Å²) >= 11 is 0. The zero-order chi connectivity index (χ0) is 32.2. The number of esters is 2. The predicted molar refractivity (Wildman–Crippen MR) is 190 cm³/mol. The average molecular weight is 643 g/mol. The van der Waals surface area contributed by atoms with E-state index in [-0.39, 0.29) is 6.42 Å². The second-order valence-corrected chi connectivity index (χ2v) is 23.6. The van der Waals surface area contributed by atoms with Gasteiger partial charge in [0.15, 0.2) is 6.10 Å². The van der Waals surface area contributed by atoms with Crippen molar-refractivity contribution < 1.29 is 24.2 Å². The van der Waals surface area contributed by atoms with Crippen LogP contribution in [0.1, 0.15) is 151 Å². The molecule has 0 radical (unpaired) electrons. The molecule has 0 saturated heterocycles. The molecule has 0 amide bonds. The summed E-state index contributed by atoms with van der Waals surface area (Å²) in [6, 6.07) is 11.3. The first-order valence-corrected chi connectivity index (χ1v) is 24.4. The van der Waals surface area contributed by atoms with Gasteiger partial charge in [0.25, 0.3) is 0 Å². The summed E-state index contributed by atoms with van der Waals surface area (Å²) in [5.74, 6) is -1.20. The maximum absolute atomic E-state index is 12.3. The number of aliphatic hydroxyl groups excluding tert-OH is 1. The molecule has 1 unspecified atom stereocenters. The average Bonchev–Trinajstić information content (AvgIpc) is 3.01. The van der Waals surface area contributed by atoms with E-state index in [2.05, 4.69) is 41.5 Å². The minimum Gasteiger partial charge on any atom is -0.466 e. The maximum atomic E-state index is 12.3. The van der Waals surface area contributed by atoms with Crippen LogP contribution in [-0.2, 0) is 19.1 Å². The largest absolute Gasteiger partial charge is 0.466 e. The molecule has 0 rings (SSSR count). The van der Waals surface area contributed by atoms with Crippen LogP contribution < -0.4 is 0 Å². The van der Waals surface area contributed by atoms with Gasteiger partial charge in [0, 0.05) is 0 Å². The number of hydrogen-bond donors (Lipinski definition) is 1. The van der Waals surface area contributed by atoms with Gasteiger partial charge in [-0.2, -0.15) is 0 Å². The lowest BCUT2D eigenvalue weighted by Gasteiger charge is -2.32. The van der Waals surface area contributed by atoms with Gasteiger partial charge in [0.2, 0.25) is 0 Å². The van der Waals surface area contributed by atoms with Crippen LogP contribution in [0.15, 0.2) is 0 Å². The molecule has 0 bridgehead atoms. The lowest BCUT2D eigenvalue weighted by Crippen LogP contribution is -2.34. The molecule has 0 aromatic carbocycles. The minimum absolute atomic E-state index is 0.317. The lowest BCUT2D eigenvalue weighted by atomic mass is 10.2. The van der Waals surface area contributed by atoms with Crippen molar-refractivity contribution >= 4 is 28.1 Å². The van der Waals surface area contributed by atoms with Gasteiger partial charge in [-0.15, -0.1) is 0 Å². The predicted octanol–water partition coefficient (Wildman–Crippen LogP) is 11.1. The number of carbonyl (C=O) groups is 2. The van der Waals surface area contributed by atoms with E-state index in [1.807, 2.05) is 0 Å². The van der Waals surface area contributed by atoms with E-state index >= 15 is 0 Å². The molecule has 1 N–H and O–H groups in total.